The lowest BCUT2D eigenvalue weighted by Gasteiger charge is -2.13. The van der Waals surface area contributed by atoms with E-state index in [2.05, 4.69) is 47.7 Å². The molecule has 0 heterocycles. The quantitative estimate of drug-likeness (QED) is 0.209. The molecule has 0 spiro atoms. The standard InChI is InChI=1S/C19H33N3O3.HI/c1-5-20-19(21-10-13-24-6-2)22-15-17-9-8-16(3)14-18(17)25-12-7-11-23-4;/h8-9,14H,5-7,10-13,15H2,1-4H3,(H2,20,21,22);1H. The van der Waals surface area contributed by atoms with Crippen LogP contribution in [0, 0.1) is 6.92 Å². The monoisotopic (exact) mass is 479 g/mol. The van der Waals surface area contributed by atoms with Crippen molar-refractivity contribution >= 4 is 29.9 Å². The first kappa shape index (κ1) is 24.9. The fraction of sp³-hybridized carbons (Fsp3) is 0.632. The molecule has 0 amide bonds. The molecule has 0 saturated heterocycles. The average Bonchev–Trinajstić information content (AvgIpc) is 2.61. The maximum absolute atomic E-state index is 5.92. The Hall–Kier alpha value is -1.06. The van der Waals surface area contributed by atoms with E-state index in [4.69, 9.17) is 14.2 Å². The van der Waals surface area contributed by atoms with Gasteiger partial charge in [-0.15, -0.1) is 24.0 Å². The second kappa shape index (κ2) is 16.1. The van der Waals surface area contributed by atoms with Crippen LogP contribution in [-0.2, 0) is 16.0 Å². The summed E-state index contributed by atoms with van der Waals surface area (Å²) in [6.07, 6.45) is 0.870. The zero-order chi connectivity index (χ0) is 18.3. The van der Waals surface area contributed by atoms with Crippen molar-refractivity contribution in [3.05, 3.63) is 29.3 Å². The lowest BCUT2D eigenvalue weighted by Crippen LogP contribution is -2.39. The number of rotatable bonds is 12. The molecule has 0 aliphatic carbocycles. The van der Waals surface area contributed by atoms with Gasteiger partial charge in [-0.3, -0.25) is 0 Å². The summed E-state index contributed by atoms with van der Waals surface area (Å²) in [5.41, 5.74) is 2.25. The highest BCUT2D eigenvalue weighted by molar-refractivity contribution is 14.0. The maximum Gasteiger partial charge on any atom is 0.191 e. The summed E-state index contributed by atoms with van der Waals surface area (Å²) in [7, 11) is 1.70. The van der Waals surface area contributed by atoms with Crippen molar-refractivity contribution in [3.63, 3.8) is 0 Å². The fourth-order valence-corrected chi connectivity index (χ4v) is 2.20. The van der Waals surface area contributed by atoms with E-state index in [-0.39, 0.29) is 24.0 Å². The first-order valence-electron chi connectivity index (χ1n) is 9.02. The van der Waals surface area contributed by atoms with Gasteiger partial charge in [-0.1, -0.05) is 12.1 Å². The Bertz CT molecular complexity index is 513. The van der Waals surface area contributed by atoms with E-state index in [1.807, 2.05) is 6.92 Å². The van der Waals surface area contributed by atoms with Crippen molar-refractivity contribution < 1.29 is 14.2 Å². The summed E-state index contributed by atoms with van der Waals surface area (Å²) >= 11 is 0. The molecule has 0 unspecified atom stereocenters. The second-order valence-corrected chi connectivity index (χ2v) is 5.62. The highest BCUT2D eigenvalue weighted by atomic mass is 127. The van der Waals surface area contributed by atoms with E-state index in [1.165, 1.54) is 5.56 Å². The van der Waals surface area contributed by atoms with Crippen molar-refractivity contribution in [1.29, 1.82) is 0 Å². The zero-order valence-electron chi connectivity index (χ0n) is 16.5. The molecule has 2 N–H and O–H groups in total. The summed E-state index contributed by atoms with van der Waals surface area (Å²) in [6, 6.07) is 6.23. The van der Waals surface area contributed by atoms with Crippen molar-refractivity contribution in [2.24, 2.45) is 4.99 Å². The number of nitrogens with zero attached hydrogens (tertiary/aromatic N) is 1. The van der Waals surface area contributed by atoms with Crippen LogP contribution in [-0.4, -0.2) is 52.6 Å². The number of nitrogens with one attached hydrogen (secondary N) is 2. The van der Waals surface area contributed by atoms with Crippen LogP contribution in [0.5, 0.6) is 5.75 Å². The van der Waals surface area contributed by atoms with Gasteiger partial charge in [-0.05, 0) is 32.4 Å². The van der Waals surface area contributed by atoms with Crippen molar-refractivity contribution in [2.75, 3.05) is 46.6 Å². The third kappa shape index (κ3) is 10.8. The van der Waals surface area contributed by atoms with Gasteiger partial charge in [0.05, 0.1) is 19.8 Å². The number of aliphatic imine (C=N–C) groups is 1. The Morgan fingerprint density at radius 2 is 1.92 bits per heavy atom. The Morgan fingerprint density at radius 3 is 2.62 bits per heavy atom. The van der Waals surface area contributed by atoms with E-state index in [0.29, 0.717) is 26.4 Å². The van der Waals surface area contributed by atoms with Gasteiger partial charge in [0, 0.05) is 45.4 Å². The Kier molecular flexibility index (Phi) is 15.5. The largest absolute Gasteiger partial charge is 0.493 e. The number of hydrogen-bond donors (Lipinski definition) is 2. The number of aryl methyl sites for hydroxylation is 1. The van der Waals surface area contributed by atoms with E-state index in [1.54, 1.807) is 7.11 Å². The number of guanidine groups is 1. The van der Waals surface area contributed by atoms with E-state index in [9.17, 15) is 0 Å². The molecular formula is C19H34IN3O3. The number of ether oxygens (including phenoxy) is 3. The molecule has 0 radical (unpaired) electrons. The molecule has 0 aliphatic rings. The summed E-state index contributed by atoms with van der Waals surface area (Å²) < 4.78 is 16.3. The van der Waals surface area contributed by atoms with E-state index in [0.717, 1.165) is 43.4 Å². The van der Waals surface area contributed by atoms with Crippen LogP contribution in [0.4, 0.5) is 0 Å². The van der Waals surface area contributed by atoms with Crippen LogP contribution >= 0.6 is 24.0 Å². The third-order valence-corrected chi connectivity index (χ3v) is 3.47. The first-order valence-corrected chi connectivity index (χ1v) is 9.02. The van der Waals surface area contributed by atoms with Crippen LogP contribution < -0.4 is 15.4 Å². The van der Waals surface area contributed by atoms with Gasteiger partial charge in [0.25, 0.3) is 0 Å². The predicted molar refractivity (Wildman–Crippen MR) is 118 cm³/mol. The molecule has 26 heavy (non-hydrogen) atoms. The van der Waals surface area contributed by atoms with Crippen LogP contribution in [0.25, 0.3) is 0 Å². The minimum Gasteiger partial charge on any atom is -0.493 e. The fourth-order valence-electron chi connectivity index (χ4n) is 2.20. The lowest BCUT2D eigenvalue weighted by atomic mass is 10.1. The van der Waals surface area contributed by atoms with Crippen molar-refractivity contribution in [3.8, 4) is 5.75 Å². The summed E-state index contributed by atoms with van der Waals surface area (Å²) in [5, 5.41) is 6.52. The highest BCUT2D eigenvalue weighted by Gasteiger charge is 2.05. The molecule has 0 saturated carbocycles. The minimum absolute atomic E-state index is 0. The second-order valence-electron chi connectivity index (χ2n) is 5.62. The SMILES string of the molecule is CCNC(=NCc1ccc(C)cc1OCCCOC)NCCOCC.I. The van der Waals surface area contributed by atoms with Crippen LogP contribution in [0.1, 0.15) is 31.4 Å². The zero-order valence-corrected chi connectivity index (χ0v) is 18.8. The number of halogens is 1. The molecule has 6 nitrogen and oxygen atoms in total. The summed E-state index contributed by atoms with van der Waals surface area (Å²) in [6.45, 7) is 10.9. The van der Waals surface area contributed by atoms with Gasteiger partial charge in [0.15, 0.2) is 5.96 Å². The molecule has 1 rings (SSSR count). The first-order chi connectivity index (χ1) is 12.2. The number of benzene rings is 1. The lowest BCUT2D eigenvalue weighted by molar-refractivity contribution is 0.152. The molecule has 1 aromatic carbocycles. The predicted octanol–water partition coefficient (Wildman–Crippen LogP) is 3.12. The van der Waals surface area contributed by atoms with Gasteiger partial charge in [-0.25, -0.2) is 4.99 Å². The van der Waals surface area contributed by atoms with Gasteiger partial charge >= 0.3 is 0 Å². The number of methoxy groups -OCH3 is 1. The Balaban J connectivity index is 0.00000625. The Labute approximate surface area is 175 Å². The van der Waals surface area contributed by atoms with Crippen LogP contribution in [0.3, 0.4) is 0 Å². The smallest absolute Gasteiger partial charge is 0.191 e. The normalized spacial score (nSPS) is 11.0. The average molecular weight is 479 g/mol. The third-order valence-electron chi connectivity index (χ3n) is 3.47. The maximum atomic E-state index is 5.92. The van der Waals surface area contributed by atoms with Gasteiger partial charge in [0.1, 0.15) is 5.75 Å². The molecule has 1 aromatic rings. The Morgan fingerprint density at radius 1 is 1.12 bits per heavy atom. The van der Waals surface area contributed by atoms with Crippen LogP contribution in [0.2, 0.25) is 0 Å². The summed E-state index contributed by atoms with van der Waals surface area (Å²) in [5.74, 6) is 1.68. The van der Waals surface area contributed by atoms with E-state index >= 15 is 0 Å². The molecule has 0 bridgehead atoms. The van der Waals surface area contributed by atoms with Crippen LogP contribution in [0.15, 0.2) is 23.2 Å². The van der Waals surface area contributed by atoms with Gasteiger partial charge in [0.2, 0.25) is 0 Å². The van der Waals surface area contributed by atoms with E-state index < -0.39 is 0 Å². The molecule has 0 fully saturated rings. The summed E-state index contributed by atoms with van der Waals surface area (Å²) in [4.78, 5) is 4.65. The number of hydrogen-bond acceptors (Lipinski definition) is 4. The minimum atomic E-state index is 0. The molecule has 7 heteroatoms. The molecular weight excluding hydrogens is 445 g/mol. The topological polar surface area (TPSA) is 64.1 Å². The van der Waals surface area contributed by atoms with Crippen molar-refractivity contribution in [2.45, 2.75) is 33.7 Å². The molecule has 0 aromatic heterocycles. The molecule has 150 valence electrons. The van der Waals surface area contributed by atoms with Crippen molar-refractivity contribution in [1.82, 2.24) is 10.6 Å². The van der Waals surface area contributed by atoms with Gasteiger partial charge in [-0.2, -0.15) is 0 Å². The van der Waals surface area contributed by atoms with Gasteiger partial charge < -0.3 is 24.8 Å². The molecule has 0 atom stereocenters. The molecule has 0 aliphatic heterocycles. The highest BCUT2D eigenvalue weighted by Crippen LogP contribution is 2.21.